The van der Waals surface area contributed by atoms with Gasteiger partial charge < -0.3 is 5.73 Å². The molecule has 0 atom stereocenters. The van der Waals surface area contributed by atoms with E-state index in [4.69, 9.17) is 5.73 Å². The van der Waals surface area contributed by atoms with E-state index in [9.17, 15) is 4.79 Å². The van der Waals surface area contributed by atoms with Crippen LogP contribution in [-0.2, 0) is 0 Å². The van der Waals surface area contributed by atoms with Gasteiger partial charge in [-0.1, -0.05) is 41.5 Å². The van der Waals surface area contributed by atoms with E-state index in [0.717, 1.165) is 21.9 Å². The van der Waals surface area contributed by atoms with E-state index in [1.165, 1.54) is 0 Å². The molecule has 0 radical (unpaired) electrons. The van der Waals surface area contributed by atoms with Crippen molar-refractivity contribution < 1.29 is 4.79 Å². The number of rotatable bonds is 2. The van der Waals surface area contributed by atoms with Gasteiger partial charge in [-0.25, -0.2) is 0 Å². The Morgan fingerprint density at radius 3 is 2.05 bits per heavy atom. The fourth-order valence-corrected chi connectivity index (χ4v) is 2.72. The zero-order chi connectivity index (χ0) is 15.0. The van der Waals surface area contributed by atoms with E-state index in [1.807, 2.05) is 62.4 Å². The number of nitrogens with two attached hydrogens (primary N) is 1. The van der Waals surface area contributed by atoms with Crippen LogP contribution in [0, 0.1) is 13.8 Å². The van der Waals surface area contributed by atoms with E-state index in [-0.39, 0.29) is 5.78 Å². The Labute approximate surface area is 124 Å². The van der Waals surface area contributed by atoms with E-state index in [1.54, 1.807) is 0 Å². The first kappa shape index (κ1) is 13.4. The maximum Gasteiger partial charge on any atom is 0.195 e. The predicted octanol–water partition coefficient (Wildman–Crippen LogP) is 4.27. The van der Waals surface area contributed by atoms with Crippen molar-refractivity contribution in [1.82, 2.24) is 0 Å². The van der Waals surface area contributed by atoms with Crippen molar-refractivity contribution in [3.05, 3.63) is 76.9 Å². The van der Waals surface area contributed by atoms with Gasteiger partial charge in [0, 0.05) is 16.8 Å². The molecular weight excluding hydrogens is 258 g/mol. The molecule has 0 saturated heterocycles. The van der Waals surface area contributed by atoms with Crippen LogP contribution in [0.5, 0.6) is 0 Å². The molecule has 3 aromatic rings. The minimum absolute atomic E-state index is 0.0231. The first-order chi connectivity index (χ1) is 10.0. The largest absolute Gasteiger partial charge is 0.398 e. The summed E-state index contributed by atoms with van der Waals surface area (Å²) < 4.78 is 0. The minimum Gasteiger partial charge on any atom is -0.398 e. The summed E-state index contributed by atoms with van der Waals surface area (Å²) in [6.07, 6.45) is 0. The lowest BCUT2D eigenvalue weighted by atomic mass is 9.96. The second-order valence-corrected chi connectivity index (χ2v) is 5.49. The van der Waals surface area contributed by atoms with Gasteiger partial charge in [0.2, 0.25) is 0 Å². The van der Waals surface area contributed by atoms with Crippen LogP contribution in [0.4, 0.5) is 5.69 Å². The Bertz CT molecular complexity index is 829. The number of carbonyl (C=O) groups excluding carboxylic acids is 1. The molecule has 0 aliphatic carbocycles. The van der Waals surface area contributed by atoms with Crippen molar-refractivity contribution in [2.45, 2.75) is 13.8 Å². The van der Waals surface area contributed by atoms with Crippen LogP contribution >= 0.6 is 0 Å². The van der Waals surface area contributed by atoms with Gasteiger partial charge in [-0.15, -0.1) is 0 Å². The van der Waals surface area contributed by atoms with Gasteiger partial charge in [0.25, 0.3) is 0 Å². The molecule has 0 bridgehead atoms. The summed E-state index contributed by atoms with van der Waals surface area (Å²) in [5.41, 5.74) is 10.0. The van der Waals surface area contributed by atoms with Gasteiger partial charge in [-0.05, 0) is 48.9 Å². The maximum absolute atomic E-state index is 12.7. The molecule has 0 amide bonds. The molecule has 0 aromatic heterocycles. The van der Waals surface area contributed by atoms with Crippen LogP contribution in [-0.4, -0.2) is 5.78 Å². The number of aryl methyl sites for hydroxylation is 2. The van der Waals surface area contributed by atoms with E-state index in [2.05, 4.69) is 6.07 Å². The fraction of sp³-hybridized carbons (Fsp3) is 0.105. The number of carbonyl (C=O) groups is 1. The van der Waals surface area contributed by atoms with Crippen LogP contribution in [0.1, 0.15) is 27.0 Å². The molecule has 0 spiro atoms. The molecule has 3 aromatic carbocycles. The van der Waals surface area contributed by atoms with Gasteiger partial charge in [-0.2, -0.15) is 0 Å². The van der Waals surface area contributed by atoms with Crippen LogP contribution in [0.25, 0.3) is 10.8 Å². The van der Waals surface area contributed by atoms with Gasteiger partial charge in [-0.3, -0.25) is 4.79 Å². The number of hydrogen-bond acceptors (Lipinski definition) is 2. The van der Waals surface area contributed by atoms with Crippen LogP contribution in [0.2, 0.25) is 0 Å². The summed E-state index contributed by atoms with van der Waals surface area (Å²) in [6, 6.07) is 17.5. The van der Waals surface area contributed by atoms with E-state index in [0.29, 0.717) is 16.8 Å². The monoisotopic (exact) mass is 275 g/mol. The number of anilines is 1. The van der Waals surface area contributed by atoms with Gasteiger partial charge >= 0.3 is 0 Å². The van der Waals surface area contributed by atoms with Crippen molar-refractivity contribution >= 4 is 22.2 Å². The summed E-state index contributed by atoms with van der Waals surface area (Å²) in [5, 5.41) is 2.08. The molecule has 0 saturated carbocycles. The predicted molar refractivity (Wildman–Crippen MR) is 87.7 cm³/mol. The van der Waals surface area contributed by atoms with Crippen LogP contribution < -0.4 is 5.73 Å². The topological polar surface area (TPSA) is 43.1 Å². The van der Waals surface area contributed by atoms with E-state index >= 15 is 0 Å². The lowest BCUT2D eigenvalue weighted by molar-refractivity contribution is 0.103. The van der Waals surface area contributed by atoms with Gasteiger partial charge in [0.05, 0.1) is 0 Å². The number of fused-ring (bicyclic) bond motifs is 1. The molecule has 2 nitrogen and oxygen atoms in total. The van der Waals surface area contributed by atoms with Crippen molar-refractivity contribution in [2.75, 3.05) is 5.73 Å². The molecule has 0 aliphatic heterocycles. The number of hydrogen-bond donors (Lipinski definition) is 1. The number of benzene rings is 3. The Kier molecular flexibility index (Phi) is 3.22. The molecule has 0 heterocycles. The fourth-order valence-electron chi connectivity index (χ4n) is 2.72. The first-order valence-corrected chi connectivity index (χ1v) is 6.96. The average Bonchev–Trinajstić information content (AvgIpc) is 2.44. The third kappa shape index (κ3) is 2.52. The molecule has 104 valence electrons. The van der Waals surface area contributed by atoms with Crippen LogP contribution in [0.15, 0.2) is 54.6 Å². The van der Waals surface area contributed by atoms with Gasteiger partial charge in [0.1, 0.15) is 0 Å². The van der Waals surface area contributed by atoms with E-state index < -0.39 is 0 Å². The highest BCUT2D eigenvalue weighted by Gasteiger charge is 2.14. The Morgan fingerprint density at radius 2 is 1.43 bits per heavy atom. The quantitative estimate of drug-likeness (QED) is 0.560. The standard InChI is InChI=1S/C19H17NO/c1-12-7-13(2)9-16(8-12)19(21)17-10-14-5-3-4-6-15(14)11-18(17)20/h3-11H,20H2,1-2H3. The third-order valence-corrected chi connectivity index (χ3v) is 3.65. The zero-order valence-electron chi connectivity index (χ0n) is 12.2. The SMILES string of the molecule is Cc1cc(C)cc(C(=O)c2cc3ccccc3cc2N)c1. The van der Waals surface area contributed by atoms with Crippen molar-refractivity contribution in [3.63, 3.8) is 0 Å². The molecule has 3 rings (SSSR count). The summed E-state index contributed by atoms with van der Waals surface area (Å²) >= 11 is 0. The van der Waals surface area contributed by atoms with Crippen molar-refractivity contribution in [2.24, 2.45) is 0 Å². The molecule has 2 N–H and O–H groups in total. The Morgan fingerprint density at radius 1 is 0.857 bits per heavy atom. The highest BCUT2D eigenvalue weighted by molar-refractivity contribution is 6.14. The molecule has 0 unspecified atom stereocenters. The van der Waals surface area contributed by atoms with Crippen molar-refractivity contribution in [3.8, 4) is 0 Å². The first-order valence-electron chi connectivity index (χ1n) is 6.96. The lowest BCUT2D eigenvalue weighted by Crippen LogP contribution is -2.06. The maximum atomic E-state index is 12.7. The van der Waals surface area contributed by atoms with Crippen molar-refractivity contribution in [1.29, 1.82) is 0 Å². The second kappa shape index (κ2) is 5.06. The molecule has 0 fully saturated rings. The number of nitrogen functional groups attached to an aromatic ring is 1. The Hall–Kier alpha value is -2.61. The summed E-state index contributed by atoms with van der Waals surface area (Å²) in [4.78, 5) is 12.7. The summed E-state index contributed by atoms with van der Waals surface area (Å²) in [5.74, 6) is -0.0231. The van der Waals surface area contributed by atoms with Crippen LogP contribution in [0.3, 0.4) is 0 Å². The minimum atomic E-state index is -0.0231. The summed E-state index contributed by atoms with van der Waals surface area (Å²) in [7, 11) is 0. The van der Waals surface area contributed by atoms with Gasteiger partial charge in [0.15, 0.2) is 5.78 Å². The lowest BCUT2D eigenvalue weighted by Gasteiger charge is -2.09. The molecule has 0 aliphatic rings. The normalized spacial score (nSPS) is 10.8. The molecule has 2 heteroatoms. The summed E-state index contributed by atoms with van der Waals surface area (Å²) in [6.45, 7) is 3.99. The Balaban J connectivity index is 2.14. The second-order valence-electron chi connectivity index (χ2n) is 5.49. The highest BCUT2D eigenvalue weighted by atomic mass is 16.1. The highest BCUT2D eigenvalue weighted by Crippen LogP contribution is 2.24. The third-order valence-electron chi connectivity index (χ3n) is 3.65. The average molecular weight is 275 g/mol. The molecular formula is C19H17NO. The smallest absolute Gasteiger partial charge is 0.195 e. The molecule has 21 heavy (non-hydrogen) atoms. The zero-order valence-corrected chi connectivity index (χ0v) is 12.2. The number of ketones is 1.